The van der Waals surface area contributed by atoms with Crippen LogP contribution in [-0.2, 0) is 23.2 Å². The molecule has 2 atom stereocenters. The van der Waals surface area contributed by atoms with Gasteiger partial charge in [-0.25, -0.2) is 9.78 Å². The number of carbonyl (C=O) groups excluding carboxylic acids is 1. The first-order valence-electron chi connectivity index (χ1n) is 12.6. The number of carboxylic acid groups (broad SMARTS) is 1. The number of ether oxygens (including phenoxy) is 2. The van der Waals surface area contributed by atoms with Crippen molar-refractivity contribution >= 4 is 12.1 Å². The number of carbonyl (C=O) groups is 2. The molecule has 0 aliphatic heterocycles. The lowest BCUT2D eigenvalue weighted by Gasteiger charge is -2.27. The zero-order chi connectivity index (χ0) is 25.7. The molecule has 0 spiro atoms. The number of amides is 1. The van der Waals surface area contributed by atoms with E-state index in [-0.39, 0.29) is 24.5 Å². The first-order chi connectivity index (χ1) is 17.4. The minimum atomic E-state index is -0.813. The third-order valence-corrected chi connectivity index (χ3v) is 7.22. The van der Waals surface area contributed by atoms with Gasteiger partial charge in [0, 0.05) is 26.2 Å². The molecule has 0 saturated heterocycles. The smallest absolute Gasteiger partial charge is 0.409 e. The van der Waals surface area contributed by atoms with Gasteiger partial charge in [0.2, 0.25) is 0 Å². The summed E-state index contributed by atoms with van der Waals surface area (Å²) in [5.41, 5.74) is 1.96. The van der Waals surface area contributed by atoms with Gasteiger partial charge in [0.05, 0.1) is 29.6 Å². The van der Waals surface area contributed by atoms with Gasteiger partial charge >= 0.3 is 12.1 Å². The maximum atomic E-state index is 12.5. The molecule has 2 fully saturated rings. The van der Waals surface area contributed by atoms with Crippen molar-refractivity contribution in [1.29, 1.82) is 5.26 Å². The van der Waals surface area contributed by atoms with E-state index in [1.54, 1.807) is 42.0 Å². The summed E-state index contributed by atoms with van der Waals surface area (Å²) in [5, 5.41) is 23.3. The molecule has 0 radical (unpaired) electrons. The van der Waals surface area contributed by atoms with Crippen LogP contribution in [-0.4, -0.2) is 56.5 Å². The Balaban J connectivity index is 1.44. The van der Waals surface area contributed by atoms with Crippen molar-refractivity contribution in [2.24, 2.45) is 18.9 Å². The van der Waals surface area contributed by atoms with E-state index in [0.29, 0.717) is 48.0 Å². The van der Waals surface area contributed by atoms with Crippen LogP contribution in [0, 0.1) is 23.2 Å². The number of hydrogen-bond acceptors (Lipinski definition) is 7. The molecular formula is C26H33N5O5. The second-order valence-corrected chi connectivity index (χ2v) is 9.81. The summed E-state index contributed by atoms with van der Waals surface area (Å²) in [6.45, 7) is 0.722. The highest BCUT2D eigenvalue weighted by molar-refractivity contribution is 5.70. The van der Waals surface area contributed by atoms with Gasteiger partial charge in [-0.3, -0.25) is 9.48 Å². The number of carboxylic acids is 1. The Morgan fingerprint density at radius 1 is 1.22 bits per heavy atom. The van der Waals surface area contributed by atoms with Gasteiger partial charge in [-0.05, 0) is 56.6 Å². The normalized spacial score (nSPS) is 20.0. The molecule has 36 heavy (non-hydrogen) atoms. The van der Waals surface area contributed by atoms with Gasteiger partial charge in [-0.2, -0.15) is 10.4 Å². The van der Waals surface area contributed by atoms with Gasteiger partial charge in [-0.15, -0.1) is 0 Å². The molecule has 0 aromatic carbocycles. The van der Waals surface area contributed by atoms with E-state index < -0.39 is 11.9 Å². The largest absolute Gasteiger partial charge is 0.487 e. The fraction of sp³-hybridized carbons (Fsp3) is 0.577. The third-order valence-electron chi connectivity index (χ3n) is 7.22. The molecule has 2 saturated carbocycles. The Hall–Kier alpha value is -3.61. The number of rotatable bonds is 8. The van der Waals surface area contributed by atoms with E-state index in [9.17, 15) is 20.0 Å². The lowest BCUT2D eigenvalue weighted by molar-refractivity contribution is -0.143. The lowest BCUT2D eigenvalue weighted by atomic mass is 9.87. The average molecular weight is 496 g/mol. The van der Waals surface area contributed by atoms with Crippen molar-refractivity contribution in [2.75, 3.05) is 13.6 Å². The number of hydrogen-bond donors (Lipinski definition) is 1. The predicted octanol–water partition coefficient (Wildman–Crippen LogP) is 4.13. The number of aryl methyl sites for hydroxylation is 1. The molecule has 0 bridgehead atoms. The molecule has 2 aliphatic rings. The molecule has 192 valence electrons. The summed E-state index contributed by atoms with van der Waals surface area (Å²) in [6.07, 6.45) is 8.28. The van der Waals surface area contributed by atoms with E-state index in [4.69, 9.17) is 9.47 Å². The van der Waals surface area contributed by atoms with Crippen LogP contribution >= 0.6 is 0 Å². The van der Waals surface area contributed by atoms with Gasteiger partial charge in [-0.1, -0.05) is 12.8 Å². The second-order valence-electron chi connectivity index (χ2n) is 9.81. The Kier molecular flexibility index (Phi) is 8.08. The zero-order valence-electron chi connectivity index (χ0n) is 20.9. The number of aromatic nitrogens is 3. The molecular weight excluding hydrogens is 462 g/mol. The summed E-state index contributed by atoms with van der Waals surface area (Å²) in [6, 6.07) is 5.51. The maximum absolute atomic E-state index is 12.5. The van der Waals surface area contributed by atoms with Crippen LogP contribution in [0.3, 0.4) is 0 Å². The maximum Gasteiger partial charge on any atom is 0.409 e. The van der Waals surface area contributed by atoms with Crippen LogP contribution in [0.25, 0.3) is 11.3 Å². The Bertz CT molecular complexity index is 1130. The van der Waals surface area contributed by atoms with E-state index in [0.717, 1.165) is 25.7 Å². The van der Waals surface area contributed by atoms with E-state index in [1.807, 2.05) is 0 Å². The van der Waals surface area contributed by atoms with Crippen LogP contribution in [0.15, 0.2) is 18.3 Å². The summed E-state index contributed by atoms with van der Waals surface area (Å²) in [4.78, 5) is 30.0. The number of nitriles is 1. The molecule has 1 N–H and O–H groups in total. The SMILES string of the molecule is CN(CC1CCCC1)C(=O)OCc1c(-c2ccc(O[C@H]3CCC[C@H](C(=O)O)C3)c(C#N)n2)cnn1C. The van der Waals surface area contributed by atoms with Crippen molar-refractivity contribution in [3.05, 3.63) is 29.7 Å². The summed E-state index contributed by atoms with van der Waals surface area (Å²) >= 11 is 0. The van der Waals surface area contributed by atoms with Crippen molar-refractivity contribution in [1.82, 2.24) is 19.7 Å². The molecule has 4 rings (SSSR count). The van der Waals surface area contributed by atoms with Crippen molar-refractivity contribution < 1.29 is 24.2 Å². The summed E-state index contributed by atoms with van der Waals surface area (Å²) < 4.78 is 13.2. The topological polar surface area (TPSA) is 131 Å². The van der Waals surface area contributed by atoms with Crippen LogP contribution in [0.2, 0.25) is 0 Å². The lowest BCUT2D eigenvalue weighted by Crippen LogP contribution is -2.31. The van der Waals surface area contributed by atoms with Crippen molar-refractivity contribution in [3.8, 4) is 23.1 Å². The van der Waals surface area contributed by atoms with E-state index >= 15 is 0 Å². The standard InChI is InChI=1S/C26H33N5O5/c1-30(15-17-6-3-4-7-17)26(34)35-16-23-20(14-28-31(23)2)21-10-11-24(22(13-27)29-21)36-19-9-5-8-18(12-19)25(32)33/h10-11,14,17-19H,3-9,12,15-16H2,1-2H3,(H,32,33)/t18-,19-/m0/s1. The molecule has 2 aromatic rings. The van der Waals surface area contributed by atoms with Gasteiger partial charge in [0.15, 0.2) is 11.4 Å². The molecule has 10 nitrogen and oxygen atoms in total. The third kappa shape index (κ3) is 5.96. The molecule has 10 heteroatoms. The molecule has 0 unspecified atom stereocenters. The highest BCUT2D eigenvalue weighted by Gasteiger charge is 2.29. The van der Waals surface area contributed by atoms with Crippen LogP contribution in [0.5, 0.6) is 5.75 Å². The number of aliphatic carboxylic acids is 1. The highest BCUT2D eigenvalue weighted by Crippen LogP contribution is 2.31. The quantitative estimate of drug-likeness (QED) is 0.578. The minimum absolute atomic E-state index is 0.0279. The highest BCUT2D eigenvalue weighted by atomic mass is 16.6. The Labute approximate surface area is 210 Å². The van der Waals surface area contributed by atoms with Gasteiger partial charge in [0.1, 0.15) is 12.7 Å². The first-order valence-corrected chi connectivity index (χ1v) is 12.6. The van der Waals surface area contributed by atoms with Gasteiger partial charge < -0.3 is 19.5 Å². The van der Waals surface area contributed by atoms with E-state index in [1.165, 1.54) is 12.8 Å². The second kappa shape index (κ2) is 11.4. The van der Waals surface area contributed by atoms with Crippen LogP contribution in [0.4, 0.5) is 4.79 Å². The van der Waals surface area contributed by atoms with Crippen LogP contribution < -0.4 is 4.74 Å². The Morgan fingerprint density at radius 2 is 2.00 bits per heavy atom. The number of nitrogens with zero attached hydrogens (tertiary/aromatic N) is 5. The van der Waals surface area contributed by atoms with Crippen LogP contribution in [0.1, 0.15) is 62.8 Å². The minimum Gasteiger partial charge on any atom is -0.487 e. The van der Waals surface area contributed by atoms with Gasteiger partial charge in [0.25, 0.3) is 0 Å². The van der Waals surface area contributed by atoms with Crippen molar-refractivity contribution in [3.63, 3.8) is 0 Å². The number of pyridine rings is 1. The summed E-state index contributed by atoms with van der Waals surface area (Å²) in [5.74, 6) is -0.373. The Morgan fingerprint density at radius 3 is 2.72 bits per heavy atom. The first kappa shape index (κ1) is 25.5. The monoisotopic (exact) mass is 495 g/mol. The average Bonchev–Trinajstić information content (AvgIpc) is 3.52. The molecule has 2 heterocycles. The predicted molar refractivity (Wildman–Crippen MR) is 130 cm³/mol. The molecule has 2 aliphatic carbocycles. The molecule has 1 amide bonds. The molecule has 2 aromatic heterocycles. The van der Waals surface area contributed by atoms with Crippen molar-refractivity contribution in [2.45, 2.75) is 64.1 Å². The fourth-order valence-electron chi connectivity index (χ4n) is 5.17. The van der Waals surface area contributed by atoms with E-state index in [2.05, 4.69) is 16.2 Å². The zero-order valence-corrected chi connectivity index (χ0v) is 20.9. The summed E-state index contributed by atoms with van der Waals surface area (Å²) in [7, 11) is 3.52. The fourth-order valence-corrected chi connectivity index (χ4v) is 5.17.